The first-order valence-electron chi connectivity index (χ1n) is 7.46. The number of rotatable bonds is 1. The summed E-state index contributed by atoms with van der Waals surface area (Å²) in [6, 6.07) is 5.42. The number of fused-ring (bicyclic) bond motifs is 1. The van der Waals surface area contributed by atoms with Crippen LogP contribution in [-0.4, -0.2) is 34.6 Å². The zero-order valence-electron chi connectivity index (χ0n) is 11.8. The number of hydrogen-bond acceptors (Lipinski definition) is 2. The lowest BCUT2D eigenvalue weighted by atomic mass is 9.71. The Balaban J connectivity index is 1.79. The molecule has 1 amide bonds. The van der Waals surface area contributed by atoms with Crippen molar-refractivity contribution in [3.63, 3.8) is 0 Å². The number of amides is 1. The first kappa shape index (κ1) is 15.6. The van der Waals surface area contributed by atoms with Gasteiger partial charge in [-0.3, -0.25) is 4.79 Å². The molecule has 3 nitrogen and oxygen atoms in total. The Morgan fingerprint density at radius 2 is 2.19 bits per heavy atom. The maximum absolute atomic E-state index is 12.7. The number of piperidine rings is 1. The fourth-order valence-corrected chi connectivity index (χ4v) is 4.33. The number of benzene rings is 1. The van der Waals surface area contributed by atoms with E-state index >= 15 is 0 Å². The van der Waals surface area contributed by atoms with Gasteiger partial charge < -0.3 is 10.0 Å². The van der Waals surface area contributed by atoms with Gasteiger partial charge in [0.25, 0.3) is 5.91 Å². The Morgan fingerprint density at radius 3 is 3.00 bits per heavy atom. The summed E-state index contributed by atoms with van der Waals surface area (Å²) >= 11 is 8.19. The number of hydrogen-bond donors (Lipinski definition) is 1. The van der Waals surface area contributed by atoms with Crippen LogP contribution in [0.3, 0.4) is 0 Å². The van der Waals surface area contributed by atoms with E-state index in [-0.39, 0.29) is 11.8 Å². The lowest BCUT2D eigenvalue weighted by Gasteiger charge is -2.47. The van der Waals surface area contributed by atoms with Crippen molar-refractivity contribution < 1.29 is 9.90 Å². The van der Waals surface area contributed by atoms with E-state index in [4.69, 9.17) is 11.6 Å². The molecule has 2 atom stereocenters. The van der Waals surface area contributed by atoms with Gasteiger partial charge in [-0.25, -0.2) is 0 Å². The van der Waals surface area contributed by atoms with E-state index in [1.165, 1.54) is 0 Å². The molecule has 1 N–H and O–H groups in total. The molecule has 0 bridgehead atoms. The predicted octanol–water partition coefficient (Wildman–Crippen LogP) is 3.71. The molecule has 21 heavy (non-hydrogen) atoms. The molecule has 1 aromatic rings. The highest BCUT2D eigenvalue weighted by atomic mass is 127. The van der Waals surface area contributed by atoms with Crippen LogP contribution >= 0.6 is 34.2 Å². The van der Waals surface area contributed by atoms with Crippen molar-refractivity contribution in [2.24, 2.45) is 5.92 Å². The molecule has 5 heteroatoms. The molecular formula is C16H19ClINO2. The standard InChI is InChI=1S/C16H19ClINO2/c17-12-4-5-14(18)13(9-12)15(20)19-8-7-16(21)6-2-1-3-11(16)10-19/h4-5,9,11,21H,1-3,6-8,10H2. The molecule has 2 fully saturated rings. The Labute approximate surface area is 143 Å². The van der Waals surface area contributed by atoms with Crippen LogP contribution in [0.2, 0.25) is 5.02 Å². The van der Waals surface area contributed by atoms with E-state index in [0.29, 0.717) is 30.1 Å². The van der Waals surface area contributed by atoms with Crippen molar-refractivity contribution in [1.29, 1.82) is 0 Å². The molecule has 0 aromatic heterocycles. The molecule has 1 aliphatic heterocycles. The first-order chi connectivity index (χ1) is 9.99. The number of aliphatic hydroxyl groups is 1. The molecule has 1 saturated heterocycles. The number of likely N-dealkylation sites (tertiary alicyclic amines) is 1. The zero-order chi connectivity index (χ0) is 15.0. The largest absolute Gasteiger partial charge is 0.389 e. The molecule has 114 valence electrons. The normalized spacial score (nSPS) is 29.1. The molecule has 2 unspecified atom stereocenters. The topological polar surface area (TPSA) is 40.5 Å². The van der Waals surface area contributed by atoms with Gasteiger partial charge in [0.2, 0.25) is 0 Å². The second kappa shape index (κ2) is 6.05. The summed E-state index contributed by atoms with van der Waals surface area (Å²) < 4.78 is 0.923. The molecule has 2 aliphatic rings. The average molecular weight is 420 g/mol. The van der Waals surface area contributed by atoms with E-state index in [9.17, 15) is 9.90 Å². The lowest BCUT2D eigenvalue weighted by Crippen LogP contribution is -2.54. The highest BCUT2D eigenvalue weighted by Gasteiger charge is 2.43. The Morgan fingerprint density at radius 1 is 1.38 bits per heavy atom. The van der Waals surface area contributed by atoms with Gasteiger partial charge in [-0.1, -0.05) is 24.4 Å². The van der Waals surface area contributed by atoms with Crippen LogP contribution in [0, 0.1) is 9.49 Å². The van der Waals surface area contributed by atoms with Crippen molar-refractivity contribution in [3.8, 4) is 0 Å². The molecule has 0 spiro atoms. The van der Waals surface area contributed by atoms with Gasteiger partial charge in [-0.05, 0) is 60.1 Å². The second-order valence-corrected chi connectivity index (χ2v) is 7.77. The first-order valence-corrected chi connectivity index (χ1v) is 8.92. The maximum atomic E-state index is 12.7. The fraction of sp³-hybridized carbons (Fsp3) is 0.562. The quantitative estimate of drug-likeness (QED) is 0.705. The number of nitrogens with zero attached hydrogens (tertiary/aromatic N) is 1. The van der Waals surface area contributed by atoms with E-state index < -0.39 is 5.60 Å². The minimum atomic E-state index is -0.545. The van der Waals surface area contributed by atoms with Gasteiger partial charge in [-0.2, -0.15) is 0 Å². The molecule has 1 heterocycles. The van der Waals surface area contributed by atoms with Crippen LogP contribution in [0.15, 0.2) is 18.2 Å². The maximum Gasteiger partial charge on any atom is 0.254 e. The number of carbonyl (C=O) groups excluding carboxylic acids is 1. The van der Waals surface area contributed by atoms with E-state index in [2.05, 4.69) is 22.6 Å². The van der Waals surface area contributed by atoms with Gasteiger partial charge in [0.15, 0.2) is 0 Å². The van der Waals surface area contributed by atoms with Crippen LogP contribution in [0.4, 0.5) is 0 Å². The summed E-state index contributed by atoms with van der Waals surface area (Å²) in [5, 5.41) is 11.3. The van der Waals surface area contributed by atoms with Crippen molar-refractivity contribution in [2.45, 2.75) is 37.7 Å². The van der Waals surface area contributed by atoms with Gasteiger partial charge in [0, 0.05) is 27.6 Å². The highest BCUT2D eigenvalue weighted by molar-refractivity contribution is 14.1. The minimum Gasteiger partial charge on any atom is -0.389 e. The summed E-state index contributed by atoms with van der Waals surface area (Å²) in [7, 11) is 0. The van der Waals surface area contributed by atoms with Crippen LogP contribution in [0.25, 0.3) is 0 Å². The molecule has 1 aromatic carbocycles. The molecular weight excluding hydrogens is 401 g/mol. The van der Waals surface area contributed by atoms with Crippen LogP contribution in [0.5, 0.6) is 0 Å². The Bertz CT molecular complexity index is 565. The fourth-order valence-electron chi connectivity index (χ4n) is 3.59. The number of halogens is 2. The average Bonchev–Trinajstić information content (AvgIpc) is 2.48. The third-order valence-corrected chi connectivity index (χ3v) is 6.05. The number of carbonyl (C=O) groups is 1. The molecule has 1 saturated carbocycles. The summed E-state index contributed by atoms with van der Waals surface area (Å²) in [5.74, 6) is 0.260. The van der Waals surface area contributed by atoms with Crippen molar-refractivity contribution in [2.75, 3.05) is 13.1 Å². The van der Waals surface area contributed by atoms with Crippen molar-refractivity contribution in [1.82, 2.24) is 4.90 Å². The Kier molecular flexibility index (Phi) is 4.48. The summed E-state index contributed by atoms with van der Waals surface area (Å²) in [4.78, 5) is 14.6. The molecule has 1 aliphatic carbocycles. The van der Waals surface area contributed by atoms with Crippen LogP contribution < -0.4 is 0 Å². The summed E-state index contributed by atoms with van der Waals surface area (Å²) in [5.41, 5.74) is 0.126. The second-order valence-electron chi connectivity index (χ2n) is 6.17. The van der Waals surface area contributed by atoms with Gasteiger partial charge in [0.1, 0.15) is 0 Å². The van der Waals surface area contributed by atoms with Gasteiger partial charge in [0.05, 0.1) is 11.2 Å². The molecule has 0 radical (unpaired) electrons. The van der Waals surface area contributed by atoms with E-state index in [1.54, 1.807) is 12.1 Å². The van der Waals surface area contributed by atoms with Gasteiger partial charge >= 0.3 is 0 Å². The SMILES string of the molecule is O=C(c1cc(Cl)ccc1I)N1CCC2(O)CCCCC2C1. The monoisotopic (exact) mass is 419 g/mol. The van der Waals surface area contributed by atoms with Crippen molar-refractivity contribution >= 4 is 40.1 Å². The van der Waals surface area contributed by atoms with Gasteiger partial charge in [-0.15, -0.1) is 0 Å². The van der Waals surface area contributed by atoms with Crippen LogP contribution in [-0.2, 0) is 0 Å². The third kappa shape index (κ3) is 3.08. The highest BCUT2D eigenvalue weighted by Crippen LogP contribution is 2.40. The third-order valence-electron chi connectivity index (χ3n) is 4.87. The zero-order valence-corrected chi connectivity index (χ0v) is 14.7. The lowest BCUT2D eigenvalue weighted by molar-refractivity contribution is -0.0886. The minimum absolute atomic E-state index is 0.0366. The van der Waals surface area contributed by atoms with E-state index in [0.717, 1.165) is 29.3 Å². The van der Waals surface area contributed by atoms with Crippen LogP contribution in [0.1, 0.15) is 42.5 Å². The van der Waals surface area contributed by atoms with Crippen molar-refractivity contribution in [3.05, 3.63) is 32.4 Å². The smallest absolute Gasteiger partial charge is 0.254 e. The Hall–Kier alpha value is -0.330. The molecule has 3 rings (SSSR count). The predicted molar refractivity (Wildman–Crippen MR) is 91.6 cm³/mol. The summed E-state index contributed by atoms with van der Waals surface area (Å²) in [6.45, 7) is 1.30. The van der Waals surface area contributed by atoms with E-state index in [1.807, 2.05) is 11.0 Å². The summed E-state index contributed by atoms with van der Waals surface area (Å²) in [6.07, 6.45) is 4.86.